The Morgan fingerprint density at radius 2 is 1.18 bits per heavy atom. The van der Waals surface area contributed by atoms with Crippen molar-refractivity contribution in [3.05, 3.63) is 53.1 Å². The van der Waals surface area contributed by atoms with Crippen molar-refractivity contribution in [2.45, 2.75) is 79.6 Å². The first-order chi connectivity index (χ1) is 12.9. The molecule has 0 aliphatic rings. The third-order valence-corrected chi connectivity index (χ3v) is 4.35. The Balaban J connectivity index is 0.000000556. The molecule has 3 heteroatoms. The molecule has 0 fully saturated rings. The molecule has 0 aliphatic carbocycles. The van der Waals surface area contributed by atoms with Gasteiger partial charge in [0.1, 0.15) is 11.5 Å². The fraction of sp³-hybridized carbons (Fsp3) is 0.520. The van der Waals surface area contributed by atoms with Crippen LogP contribution in [0.15, 0.2) is 36.4 Å². The molecule has 0 saturated carbocycles. The second-order valence-electron chi connectivity index (χ2n) is 8.69. The largest absolute Gasteiger partial charge is 0.508 e. The van der Waals surface area contributed by atoms with Crippen molar-refractivity contribution in [1.82, 2.24) is 0 Å². The average Bonchev–Trinajstić information content (AvgIpc) is 2.63. The van der Waals surface area contributed by atoms with Crippen LogP contribution in [-0.4, -0.2) is 17.3 Å². The molecule has 0 atom stereocenters. The highest BCUT2D eigenvalue weighted by Crippen LogP contribution is 2.39. The number of hydrogen-bond acceptors (Lipinski definition) is 3. The van der Waals surface area contributed by atoms with Gasteiger partial charge < -0.3 is 15.5 Å². The minimum absolute atomic E-state index is 0.0186. The van der Waals surface area contributed by atoms with Crippen molar-refractivity contribution < 1.29 is 10.2 Å². The molecule has 0 saturated heterocycles. The number of benzene rings is 2. The van der Waals surface area contributed by atoms with E-state index in [1.807, 2.05) is 33.0 Å². The van der Waals surface area contributed by atoms with Crippen LogP contribution < -0.4 is 5.32 Å². The van der Waals surface area contributed by atoms with E-state index < -0.39 is 0 Å². The molecule has 0 heterocycles. The topological polar surface area (TPSA) is 52.5 Å². The summed E-state index contributed by atoms with van der Waals surface area (Å²) < 4.78 is 0. The van der Waals surface area contributed by atoms with Gasteiger partial charge in [-0.1, -0.05) is 74.4 Å². The van der Waals surface area contributed by atoms with Gasteiger partial charge in [0.2, 0.25) is 0 Å². The van der Waals surface area contributed by atoms with Crippen molar-refractivity contribution in [2.24, 2.45) is 0 Å². The van der Waals surface area contributed by atoms with Crippen LogP contribution in [-0.2, 0) is 17.3 Å². The van der Waals surface area contributed by atoms with Crippen LogP contribution in [0.25, 0.3) is 0 Å². The molecular formula is C25H41NO2. The molecule has 158 valence electrons. The number of anilines is 1. The van der Waals surface area contributed by atoms with Gasteiger partial charge in [0.05, 0.1) is 0 Å². The van der Waals surface area contributed by atoms with Crippen LogP contribution in [0.3, 0.4) is 0 Å². The van der Waals surface area contributed by atoms with Gasteiger partial charge in [-0.2, -0.15) is 0 Å². The Morgan fingerprint density at radius 1 is 0.786 bits per heavy atom. The van der Waals surface area contributed by atoms with Crippen LogP contribution >= 0.6 is 0 Å². The van der Waals surface area contributed by atoms with Gasteiger partial charge in [0.25, 0.3) is 0 Å². The predicted molar refractivity (Wildman–Crippen MR) is 124 cm³/mol. The summed E-state index contributed by atoms with van der Waals surface area (Å²) in [7, 11) is 1.84. The van der Waals surface area contributed by atoms with Crippen molar-refractivity contribution in [3.8, 4) is 11.5 Å². The van der Waals surface area contributed by atoms with Gasteiger partial charge in [-0.05, 0) is 58.2 Å². The first kappa shape index (κ1) is 25.8. The fourth-order valence-electron chi connectivity index (χ4n) is 2.67. The van der Waals surface area contributed by atoms with E-state index >= 15 is 0 Å². The standard InChI is InChI=1S/C16H26O.C7H9NO.C2H6/c1-8-11-9-12(15(2,3)4)14(17)13(10-11)16(5,6)7;1-8-6-2-4-7(9)5-3-6;1-2/h9-10,17H,8H2,1-7H3;2-5,8-9H,1H3;1-2H3. The maximum atomic E-state index is 10.5. The predicted octanol–water partition coefficient (Wildman–Crippen LogP) is 7.01. The van der Waals surface area contributed by atoms with Crippen molar-refractivity contribution in [1.29, 1.82) is 0 Å². The van der Waals surface area contributed by atoms with Crippen LogP contribution in [0.1, 0.15) is 79.0 Å². The zero-order chi connectivity index (χ0) is 22.1. The zero-order valence-corrected chi connectivity index (χ0v) is 19.6. The van der Waals surface area contributed by atoms with E-state index in [0.717, 1.165) is 23.2 Å². The average molecular weight is 388 g/mol. The van der Waals surface area contributed by atoms with E-state index in [1.165, 1.54) is 5.56 Å². The third kappa shape index (κ3) is 7.84. The van der Waals surface area contributed by atoms with Crippen LogP contribution in [0.5, 0.6) is 11.5 Å². The minimum Gasteiger partial charge on any atom is -0.508 e. The maximum Gasteiger partial charge on any atom is 0.123 e. The van der Waals surface area contributed by atoms with Gasteiger partial charge in [-0.25, -0.2) is 0 Å². The van der Waals surface area contributed by atoms with E-state index in [2.05, 4.69) is 65.9 Å². The Labute approximate surface area is 172 Å². The molecule has 2 rings (SSSR count). The van der Waals surface area contributed by atoms with E-state index in [4.69, 9.17) is 5.11 Å². The maximum absolute atomic E-state index is 10.5. The molecule has 2 aromatic rings. The normalized spacial score (nSPS) is 10.9. The summed E-state index contributed by atoms with van der Waals surface area (Å²) in [6.45, 7) is 19.0. The monoisotopic (exact) mass is 387 g/mol. The highest BCUT2D eigenvalue weighted by molar-refractivity contribution is 5.50. The lowest BCUT2D eigenvalue weighted by Gasteiger charge is -2.28. The molecule has 2 aromatic carbocycles. The van der Waals surface area contributed by atoms with Gasteiger partial charge in [0, 0.05) is 12.7 Å². The van der Waals surface area contributed by atoms with Gasteiger partial charge in [0.15, 0.2) is 0 Å². The zero-order valence-electron chi connectivity index (χ0n) is 19.6. The second kappa shape index (κ2) is 11.0. The first-order valence-electron chi connectivity index (χ1n) is 10.2. The quantitative estimate of drug-likeness (QED) is 0.486. The molecule has 0 aromatic heterocycles. The molecule has 0 bridgehead atoms. The fourth-order valence-corrected chi connectivity index (χ4v) is 2.67. The molecule has 0 amide bonds. The second-order valence-corrected chi connectivity index (χ2v) is 8.69. The Bertz CT molecular complexity index is 670. The van der Waals surface area contributed by atoms with E-state index in [9.17, 15) is 5.11 Å². The molecule has 0 unspecified atom stereocenters. The number of aryl methyl sites for hydroxylation is 1. The number of aromatic hydroxyl groups is 2. The molecule has 0 spiro atoms. The summed E-state index contributed by atoms with van der Waals surface area (Å²) in [6.07, 6.45) is 1.01. The lowest BCUT2D eigenvalue weighted by atomic mass is 9.78. The number of phenols is 2. The molecule has 0 aliphatic heterocycles. The number of hydrogen-bond donors (Lipinski definition) is 3. The minimum atomic E-state index is -0.0186. The molecular weight excluding hydrogens is 346 g/mol. The summed E-state index contributed by atoms with van der Waals surface area (Å²) in [5.41, 5.74) is 4.39. The Kier molecular flexibility index (Phi) is 10.1. The van der Waals surface area contributed by atoms with Crippen LogP contribution in [0, 0.1) is 0 Å². The summed E-state index contributed by atoms with van der Waals surface area (Å²) >= 11 is 0. The highest BCUT2D eigenvalue weighted by atomic mass is 16.3. The number of rotatable bonds is 2. The van der Waals surface area contributed by atoms with E-state index in [0.29, 0.717) is 11.5 Å². The molecule has 3 N–H and O–H groups in total. The number of phenolic OH excluding ortho intramolecular Hbond substituents is 2. The van der Waals surface area contributed by atoms with Crippen molar-refractivity contribution >= 4 is 5.69 Å². The lowest BCUT2D eigenvalue weighted by Crippen LogP contribution is -2.17. The third-order valence-electron chi connectivity index (χ3n) is 4.35. The number of nitrogens with one attached hydrogen (secondary N) is 1. The van der Waals surface area contributed by atoms with Crippen LogP contribution in [0.4, 0.5) is 5.69 Å². The van der Waals surface area contributed by atoms with E-state index in [-0.39, 0.29) is 10.8 Å². The molecule has 0 radical (unpaired) electrons. The van der Waals surface area contributed by atoms with Crippen LogP contribution in [0.2, 0.25) is 0 Å². The lowest BCUT2D eigenvalue weighted by molar-refractivity contribution is 0.422. The van der Waals surface area contributed by atoms with Crippen molar-refractivity contribution in [3.63, 3.8) is 0 Å². The van der Waals surface area contributed by atoms with Gasteiger partial charge in [-0.3, -0.25) is 0 Å². The molecule has 28 heavy (non-hydrogen) atoms. The first-order valence-corrected chi connectivity index (χ1v) is 10.2. The van der Waals surface area contributed by atoms with E-state index in [1.54, 1.807) is 12.1 Å². The summed E-state index contributed by atoms with van der Waals surface area (Å²) in [5, 5.41) is 22.2. The smallest absolute Gasteiger partial charge is 0.123 e. The summed E-state index contributed by atoms with van der Waals surface area (Å²) in [5.74, 6) is 0.774. The highest BCUT2D eigenvalue weighted by Gasteiger charge is 2.26. The Morgan fingerprint density at radius 3 is 1.46 bits per heavy atom. The van der Waals surface area contributed by atoms with Gasteiger partial charge in [-0.15, -0.1) is 0 Å². The van der Waals surface area contributed by atoms with Crippen molar-refractivity contribution in [2.75, 3.05) is 12.4 Å². The molecule has 3 nitrogen and oxygen atoms in total. The van der Waals surface area contributed by atoms with Gasteiger partial charge >= 0.3 is 0 Å². The summed E-state index contributed by atoms with van der Waals surface area (Å²) in [4.78, 5) is 0. The SMILES string of the molecule is CC.CCc1cc(C(C)(C)C)c(O)c(C(C)(C)C)c1.CNc1ccc(O)cc1. The Hall–Kier alpha value is -2.16. The summed E-state index contributed by atoms with van der Waals surface area (Å²) in [6, 6.07) is 11.2.